The van der Waals surface area contributed by atoms with Gasteiger partial charge in [0.25, 0.3) is 0 Å². The van der Waals surface area contributed by atoms with Gasteiger partial charge in [0.2, 0.25) is 0 Å². The van der Waals surface area contributed by atoms with E-state index in [-0.39, 0.29) is 26.4 Å². The van der Waals surface area contributed by atoms with Gasteiger partial charge in [0.1, 0.15) is 0 Å². The van der Waals surface area contributed by atoms with E-state index in [4.69, 9.17) is 0 Å². The fraction of sp³-hybridized carbons (Fsp3) is 0.909. The number of nitrogens with one attached hydrogen (secondary N) is 1. The third-order valence-electron chi connectivity index (χ3n) is 2.15. The summed E-state index contributed by atoms with van der Waals surface area (Å²) >= 11 is 0. The van der Waals surface area contributed by atoms with E-state index < -0.39 is 32.6 Å². The maximum absolute atomic E-state index is 12.9. The first-order valence-corrected chi connectivity index (χ1v) is 8.19. The second-order valence-corrected chi connectivity index (χ2v) is 5.48. The summed E-state index contributed by atoms with van der Waals surface area (Å²) < 4.78 is 69.0. The summed E-state index contributed by atoms with van der Waals surface area (Å²) in [7, 11) is -4.31. The van der Waals surface area contributed by atoms with E-state index in [1.54, 1.807) is 6.92 Å². The van der Waals surface area contributed by atoms with Crippen molar-refractivity contribution < 1.29 is 40.8 Å². The second-order valence-electron chi connectivity index (χ2n) is 3.85. The molecule has 0 saturated heterocycles. The van der Waals surface area contributed by atoms with Crippen LogP contribution in [0.3, 0.4) is 0 Å². The average Bonchev–Trinajstić information content (AvgIpc) is 2.37. The Labute approximate surface area is 127 Å². The summed E-state index contributed by atoms with van der Waals surface area (Å²) in [4.78, 5) is 11.0. The Kier molecular flexibility index (Phi) is 9.66. The molecule has 11 heteroatoms. The molecule has 0 spiro atoms. The topological polar surface area (TPSA) is 83.1 Å². The highest BCUT2D eigenvalue weighted by molar-refractivity contribution is 7.48. The van der Waals surface area contributed by atoms with Gasteiger partial charge >= 0.3 is 20.1 Å². The van der Waals surface area contributed by atoms with Crippen LogP contribution >= 0.6 is 7.82 Å². The maximum atomic E-state index is 12.9. The van der Waals surface area contributed by atoms with Gasteiger partial charge in [-0.2, -0.15) is 13.2 Å². The zero-order valence-electron chi connectivity index (χ0n) is 12.6. The Morgan fingerprint density at radius 1 is 1.14 bits per heavy atom. The van der Waals surface area contributed by atoms with Crippen LogP contribution < -0.4 is 5.32 Å². The number of rotatable bonds is 10. The molecule has 0 saturated carbocycles. The van der Waals surface area contributed by atoms with E-state index in [0.29, 0.717) is 0 Å². The van der Waals surface area contributed by atoms with Gasteiger partial charge in [-0.1, -0.05) is 0 Å². The second kappa shape index (κ2) is 10.0. The van der Waals surface area contributed by atoms with E-state index in [1.807, 2.05) is 0 Å². The standard InChI is InChI=1S/C11H21F3NO6P/c1-4-18-10(16)15-8-7-9(11(12,13)14)21-22(17,19-5-2)20-6-3/h9H,4-8H2,1-3H3,(H,15,16). The lowest BCUT2D eigenvalue weighted by Gasteiger charge is -2.25. The van der Waals surface area contributed by atoms with Crippen molar-refractivity contribution in [3.05, 3.63) is 0 Å². The number of hydrogen-bond donors (Lipinski definition) is 1. The summed E-state index contributed by atoms with van der Waals surface area (Å²) in [5.41, 5.74) is 0. The maximum Gasteiger partial charge on any atom is 0.475 e. The van der Waals surface area contributed by atoms with E-state index in [9.17, 15) is 22.5 Å². The van der Waals surface area contributed by atoms with Gasteiger partial charge in [0, 0.05) is 13.0 Å². The van der Waals surface area contributed by atoms with Crippen LogP contribution in [0.5, 0.6) is 0 Å². The van der Waals surface area contributed by atoms with Gasteiger partial charge in [-0.3, -0.25) is 13.6 Å². The van der Waals surface area contributed by atoms with Gasteiger partial charge in [0.05, 0.1) is 19.8 Å². The molecule has 1 amide bonds. The van der Waals surface area contributed by atoms with E-state index >= 15 is 0 Å². The summed E-state index contributed by atoms with van der Waals surface area (Å²) in [5.74, 6) is 0. The lowest BCUT2D eigenvalue weighted by molar-refractivity contribution is -0.201. The molecule has 0 aliphatic carbocycles. The molecule has 0 aromatic heterocycles. The Morgan fingerprint density at radius 3 is 2.09 bits per heavy atom. The van der Waals surface area contributed by atoms with Crippen molar-refractivity contribution in [2.75, 3.05) is 26.4 Å². The fourth-order valence-electron chi connectivity index (χ4n) is 1.33. The first kappa shape index (κ1) is 21.2. The van der Waals surface area contributed by atoms with E-state index in [2.05, 4.69) is 23.6 Å². The normalized spacial score (nSPS) is 13.7. The minimum atomic E-state index is -4.79. The summed E-state index contributed by atoms with van der Waals surface area (Å²) in [5, 5.41) is 2.12. The molecular formula is C11H21F3NO6P. The van der Waals surface area contributed by atoms with Gasteiger partial charge in [-0.15, -0.1) is 0 Å². The SMILES string of the molecule is CCOC(=O)NCCC(OP(=O)(OCC)OCC)C(F)(F)F. The Bertz CT molecular complexity index is 369. The van der Waals surface area contributed by atoms with Gasteiger partial charge < -0.3 is 10.1 Å². The molecular weight excluding hydrogens is 330 g/mol. The number of carbonyl (C=O) groups excluding carboxylic acids is 1. The van der Waals surface area contributed by atoms with Crippen molar-refractivity contribution in [2.24, 2.45) is 0 Å². The highest BCUT2D eigenvalue weighted by atomic mass is 31.2. The van der Waals surface area contributed by atoms with E-state index in [1.165, 1.54) is 13.8 Å². The zero-order valence-corrected chi connectivity index (χ0v) is 13.5. The summed E-state index contributed by atoms with van der Waals surface area (Å²) in [6.07, 6.45) is -8.70. The molecule has 0 heterocycles. The largest absolute Gasteiger partial charge is 0.475 e. The molecule has 0 bridgehead atoms. The smallest absolute Gasteiger partial charge is 0.450 e. The Hall–Kier alpha value is -0.830. The first-order valence-electron chi connectivity index (χ1n) is 6.73. The third kappa shape index (κ3) is 8.57. The van der Waals surface area contributed by atoms with Crippen LogP contribution in [0.15, 0.2) is 0 Å². The number of amides is 1. The van der Waals surface area contributed by atoms with E-state index in [0.717, 1.165) is 0 Å². The molecule has 7 nitrogen and oxygen atoms in total. The third-order valence-corrected chi connectivity index (χ3v) is 3.81. The summed E-state index contributed by atoms with van der Waals surface area (Å²) in [6.45, 7) is 3.89. The molecule has 1 unspecified atom stereocenters. The Morgan fingerprint density at radius 2 is 1.68 bits per heavy atom. The predicted octanol–water partition coefficient (Wildman–Crippen LogP) is 3.25. The van der Waals surface area contributed by atoms with Crippen LogP contribution in [0.25, 0.3) is 0 Å². The molecule has 0 aliphatic rings. The quantitative estimate of drug-likeness (QED) is 0.609. The number of alkyl halides is 3. The van der Waals surface area contributed by atoms with Crippen molar-refractivity contribution in [3.8, 4) is 0 Å². The number of phosphoric acid groups is 1. The zero-order chi connectivity index (χ0) is 17.2. The van der Waals surface area contributed by atoms with Crippen molar-refractivity contribution >= 4 is 13.9 Å². The van der Waals surface area contributed by atoms with Gasteiger partial charge in [-0.05, 0) is 20.8 Å². The molecule has 1 N–H and O–H groups in total. The van der Waals surface area contributed by atoms with Gasteiger partial charge in [0.15, 0.2) is 6.10 Å². The highest BCUT2D eigenvalue weighted by Crippen LogP contribution is 2.52. The number of halogens is 3. The number of ether oxygens (including phenoxy) is 1. The molecule has 0 rings (SSSR count). The molecule has 0 fully saturated rings. The first-order chi connectivity index (χ1) is 10.2. The number of phosphoric ester groups is 1. The monoisotopic (exact) mass is 351 g/mol. The molecule has 0 aromatic carbocycles. The van der Waals surface area contributed by atoms with Crippen molar-refractivity contribution in [2.45, 2.75) is 39.5 Å². The minimum absolute atomic E-state index is 0.0922. The van der Waals surface area contributed by atoms with Crippen LogP contribution in [0, 0.1) is 0 Å². The molecule has 22 heavy (non-hydrogen) atoms. The van der Waals surface area contributed by atoms with Gasteiger partial charge in [-0.25, -0.2) is 9.36 Å². The number of alkyl carbamates (subject to hydrolysis) is 1. The van der Waals surface area contributed by atoms with Crippen molar-refractivity contribution in [1.29, 1.82) is 0 Å². The predicted molar refractivity (Wildman–Crippen MR) is 71.4 cm³/mol. The molecule has 132 valence electrons. The fourth-order valence-corrected chi connectivity index (χ4v) is 2.70. The van der Waals surface area contributed by atoms with Crippen LogP contribution in [0.4, 0.5) is 18.0 Å². The molecule has 1 atom stereocenters. The molecule has 0 radical (unpaired) electrons. The number of hydrogen-bond acceptors (Lipinski definition) is 6. The van der Waals surface area contributed by atoms with Crippen molar-refractivity contribution in [1.82, 2.24) is 5.32 Å². The highest BCUT2D eigenvalue weighted by Gasteiger charge is 2.45. The van der Waals surface area contributed by atoms with Crippen molar-refractivity contribution in [3.63, 3.8) is 0 Å². The molecule has 0 aliphatic heterocycles. The van der Waals surface area contributed by atoms with Crippen LogP contribution in [-0.4, -0.2) is 44.7 Å². The lowest BCUT2D eigenvalue weighted by Crippen LogP contribution is -2.36. The minimum Gasteiger partial charge on any atom is -0.450 e. The summed E-state index contributed by atoms with van der Waals surface area (Å²) in [6, 6.07) is 0. The van der Waals surface area contributed by atoms with Crippen LogP contribution in [-0.2, 0) is 22.9 Å². The Balaban J connectivity index is 4.70. The number of carbonyl (C=O) groups is 1. The lowest BCUT2D eigenvalue weighted by atomic mass is 10.2. The average molecular weight is 351 g/mol. The van der Waals surface area contributed by atoms with Crippen LogP contribution in [0.2, 0.25) is 0 Å². The molecule has 0 aromatic rings. The van der Waals surface area contributed by atoms with Crippen LogP contribution in [0.1, 0.15) is 27.2 Å².